The summed E-state index contributed by atoms with van der Waals surface area (Å²) in [5.41, 5.74) is 2.92. The number of H-pyrrole nitrogens is 1. The minimum Gasteiger partial charge on any atom is -0.346 e. The number of aromatic amines is 1. The number of fused-ring (bicyclic) bond motifs is 1. The maximum absolute atomic E-state index is 4.67. The van der Waals surface area contributed by atoms with Crippen LogP contribution in [-0.2, 0) is 19.4 Å². The lowest BCUT2D eigenvalue weighted by Crippen LogP contribution is -2.23. The number of nitrogens with one attached hydrogen (secondary N) is 2. The summed E-state index contributed by atoms with van der Waals surface area (Å²) in [6.45, 7) is 8.84. The van der Waals surface area contributed by atoms with Gasteiger partial charge in [-0.15, -0.1) is 0 Å². The van der Waals surface area contributed by atoms with E-state index in [1.165, 1.54) is 17.8 Å². The van der Waals surface area contributed by atoms with Crippen LogP contribution < -0.4 is 5.32 Å². The summed E-state index contributed by atoms with van der Waals surface area (Å²) in [4.78, 5) is 8.14. The highest BCUT2D eigenvalue weighted by Crippen LogP contribution is 2.25. The monoisotopic (exact) mass is 207 g/mol. The number of aromatic nitrogens is 2. The molecule has 0 aliphatic carbocycles. The third-order valence-corrected chi connectivity index (χ3v) is 3.36. The van der Waals surface area contributed by atoms with Crippen molar-refractivity contribution < 1.29 is 0 Å². The first kappa shape index (κ1) is 10.7. The van der Waals surface area contributed by atoms with Crippen LogP contribution in [0.3, 0.4) is 0 Å². The van der Waals surface area contributed by atoms with Crippen LogP contribution >= 0.6 is 0 Å². The van der Waals surface area contributed by atoms with Crippen LogP contribution in [0.1, 0.15) is 44.4 Å². The van der Waals surface area contributed by atoms with Crippen LogP contribution in [-0.4, -0.2) is 16.5 Å². The minimum atomic E-state index is 0.355. The van der Waals surface area contributed by atoms with Gasteiger partial charge in [-0.2, -0.15) is 0 Å². The Balaban J connectivity index is 2.13. The zero-order valence-electron chi connectivity index (χ0n) is 9.98. The molecule has 3 heteroatoms. The SMILES string of the molecule is CCC(C)(C)Cc1nc2c([nH]1)CCNC2. The quantitative estimate of drug-likeness (QED) is 0.796. The fraction of sp³-hybridized carbons (Fsp3) is 0.750. The molecule has 0 fully saturated rings. The van der Waals surface area contributed by atoms with Gasteiger partial charge in [-0.25, -0.2) is 4.98 Å². The third kappa shape index (κ3) is 2.40. The van der Waals surface area contributed by atoms with Gasteiger partial charge in [0.05, 0.1) is 5.69 Å². The first-order valence-electron chi connectivity index (χ1n) is 5.88. The molecule has 2 rings (SSSR count). The molecule has 0 bridgehead atoms. The number of imidazole rings is 1. The van der Waals surface area contributed by atoms with Crippen molar-refractivity contribution in [2.75, 3.05) is 6.54 Å². The van der Waals surface area contributed by atoms with Gasteiger partial charge in [0.2, 0.25) is 0 Å². The van der Waals surface area contributed by atoms with E-state index >= 15 is 0 Å². The Kier molecular flexibility index (Phi) is 2.83. The van der Waals surface area contributed by atoms with Gasteiger partial charge in [0.25, 0.3) is 0 Å². The van der Waals surface area contributed by atoms with Gasteiger partial charge in [0.15, 0.2) is 0 Å². The first-order chi connectivity index (χ1) is 7.11. The maximum atomic E-state index is 4.67. The fourth-order valence-electron chi connectivity index (χ4n) is 1.94. The molecule has 1 aliphatic rings. The van der Waals surface area contributed by atoms with E-state index in [0.717, 1.165) is 31.8 Å². The zero-order chi connectivity index (χ0) is 10.9. The second kappa shape index (κ2) is 3.97. The molecule has 0 saturated carbocycles. The molecule has 1 aliphatic heterocycles. The normalized spacial score (nSPS) is 16.5. The number of hydrogen-bond donors (Lipinski definition) is 2. The molecule has 1 aromatic heterocycles. The molecular formula is C12H21N3. The van der Waals surface area contributed by atoms with Crippen molar-refractivity contribution in [3.8, 4) is 0 Å². The Labute approximate surface area is 91.7 Å². The lowest BCUT2D eigenvalue weighted by atomic mass is 9.86. The second-order valence-corrected chi connectivity index (χ2v) is 5.23. The van der Waals surface area contributed by atoms with Crippen molar-refractivity contribution in [3.63, 3.8) is 0 Å². The number of rotatable bonds is 3. The van der Waals surface area contributed by atoms with Gasteiger partial charge < -0.3 is 10.3 Å². The molecule has 15 heavy (non-hydrogen) atoms. The number of hydrogen-bond acceptors (Lipinski definition) is 2. The Morgan fingerprint density at radius 2 is 2.20 bits per heavy atom. The summed E-state index contributed by atoms with van der Waals surface area (Å²) in [6, 6.07) is 0. The van der Waals surface area contributed by atoms with Gasteiger partial charge in [-0.1, -0.05) is 27.2 Å². The predicted octanol–water partition coefficient (Wildman–Crippen LogP) is 2.03. The zero-order valence-corrected chi connectivity index (χ0v) is 9.98. The maximum Gasteiger partial charge on any atom is 0.107 e. The van der Waals surface area contributed by atoms with Crippen LogP contribution in [0.15, 0.2) is 0 Å². The first-order valence-corrected chi connectivity index (χ1v) is 5.88. The van der Waals surface area contributed by atoms with Crippen LogP contribution in [0.25, 0.3) is 0 Å². The van der Waals surface area contributed by atoms with E-state index in [1.807, 2.05) is 0 Å². The van der Waals surface area contributed by atoms with E-state index in [1.54, 1.807) is 0 Å². The summed E-state index contributed by atoms with van der Waals surface area (Å²) in [5, 5.41) is 3.35. The van der Waals surface area contributed by atoms with Crippen molar-refractivity contribution >= 4 is 0 Å². The number of nitrogens with zero attached hydrogens (tertiary/aromatic N) is 1. The fourth-order valence-corrected chi connectivity index (χ4v) is 1.94. The van der Waals surface area contributed by atoms with Crippen LogP contribution in [0.2, 0.25) is 0 Å². The summed E-state index contributed by atoms with van der Waals surface area (Å²) in [6.07, 6.45) is 3.34. The summed E-state index contributed by atoms with van der Waals surface area (Å²) in [7, 11) is 0. The lowest BCUT2D eigenvalue weighted by Gasteiger charge is -2.20. The van der Waals surface area contributed by atoms with Gasteiger partial charge in [-0.05, 0) is 5.41 Å². The molecule has 84 valence electrons. The van der Waals surface area contributed by atoms with Crippen LogP contribution in [0.5, 0.6) is 0 Å². The van der Waals surface area contributed by atoms with Crippen molar-refractivity contribution in [2.45, 2.75) is 46.6 Å². The van der Waals surface area contributed by atoms with Gasteiger partial charge in [-0.3, -0.25) is 0 Å². The van der Waals surface area contributed by atoms with Crippen molar-refractivity contribution in [2.24, 2.45) is 5.41 Å². The molecule has 0 radical (unpaired) electrons. The van der Waals surface area contributed by atoms with E-state index in [4.69, 9.17) is 0 Å². The van der Waals surface area contributed by atoms with Gasteiger partial charge in [0.1, 0.15) is 5.82 Å². The Morgan fingerprint density at radius 3 is 2.87 bits per heavy atom. The highest BCUT2D eigenvalue weighted by atomic mass is 15.0. The van der Waals surface area contributed by atoms with E-state index in [-0.39, 0.29) is 0 Å². The second-order valence-electron chi connectivity index (χ2n) is 5.23. The standard InChI is InChI=1S/C12H21N3/c1-4-12(2,3)7-11-14-9-5-6-13-8-10(9)15-11/h13H,4-8H2,1-3H3,(H,14,15). The third-order valence-electron chi connectivity index (χ3n) is 3.36. The average Bonchev–Trinajstić information content (AvgIpc) is 2.58. The Hall–Kier alpha value is -0.830. The van der Waals surface area contributed by atoms with Crippen LogP contribution in [0.4, 0.5) is 0 Å². The molecule has 2 N–H and O–H groups in total. The molecule has 0 atom stereocenters. The molecule has 0 unspecified atom stereocenters. The largest absolute Gasteiger partial charge is 0.346 e. The average molecular weight is 207 g/mol. The van der Waals surface area contributed by atoms with E-state index in [0.29, 0.717) is 5.41 Å². The smallest absolute Gasteiger partial charge is 0.107 e. The molecule has 0 saturated heterocycles. The highest BCUT2D eigenvalue weighted by molar-refractivity contribution is 5.18. The predicted molar refractivity (Wildman–Crippen MR) is 61.8 cm³/mol. The lowest BCUT2D eigenvalue weighted by molar-refractivity contribution is 0.342. The Morgan fingerprint density at radius 1 is 1.40 bits per heavy atom. The topological polar surface area (TPSA) is 40.7 Å². The molecular weight excluding hydrogens is 186 g/mol. The van der Waals surface area contributed by atoms with E-state index in [2.05, 4.69) is 36.1 Å². The minimum absolute atomic E-state index is 0.355. The summed E-state index contributed by atoms with van der Waals surface area (Å²) >= 11 is 0. The molecule has 3 nitrogen and oxygen atoms in total. The van der Waals surface area contributed by atoms with Gasteiger partial charge in [0, 0.05) is 31.6 Å². The molecule has 0 amide bonds. The molecule has 0 spiro atoms. The molecule has 0 aromatic carbocycles. The molecule has 1 aromatic rings. The van der Waals surface area contributed by atoms with Gasteiger partial charge >= 0.3 is 0 Å². The van der Waals surface area contributed by atoms with Crippen molar-refractivity contribution in [3.05, 3.63) is 17.2 Å². The van der Waals surface area contributed by atoms with Crippen LogP contribution in [0, 0.1) is 5.41 Å². The van der Waals surface area contributed by atoms with Crippen molar-refractivity contribution in [1.82, 2.24) is 15.3 Å². The highest BCUT2D eigenvalue weighted by Gasteiger charge is 2.20. The molecule has 2 heterocycles. The van der Waals surface area contributed by atoms with Crippen molar-refractivity contribution in [1.29, 1.82) is 0 Å². The summed E-state index contributed by atoms with van der Waals surface area (Å²) in [5.74, 6) is 1.16. The Bertz CT molecular complexity index is 315. The van der Waals surface area contributed by atoms with E-state index in [9.17, 15) is 0 Å². The summed E-state index contributed by atoms with van der Waals surface area (Å²) < 4.78 is 0. The van der Waals surface area contributed by atoms with E-state index < -0.39 is 0 Å².